The van der Waals surface area contributed by atoms with E-state index in [0.29, 0.717) is 5.69 Å². The van der Waals surface area contributed by atoms with Gasteiger partial charge in [-0.3, -0.25) is 0 Å². The molecule has 10 heteroatoms. The van der Waals surface area contributed by atoms with E-state index >= 15 is 0 Å². The van der Waals surface area contributed by atoms with Crippen LogP contribution >= 0.6 is 11.8 Å². The van der Waals surface area contributed by atoms with Crippen LogP contribution in [0.4, 0.5) is 5.82 Å². The quantitative estimate of drug-likeness (QED) is 0.595. The Bertz CT molecular complexity index is 1190. The molecule has 9 nitrogen and oxygen atoms in total. The average Bonchev–Trinajstić information content (AvgIpc) is 3.51. The first-order valence-electron chi connectivity index (χ1n) is 11.7. The predicted molar refractivity (Wildman–Crippen MR) is 125 cm³/mol. The molecule has 0 radical (unpaired) electrons. The molecule has 3 aromatic heterocycles. The highest BCUT2D eigenvalue weighted by molar-refractivity contribution is 7.99. The summed E-state index contributed by atoms with van der Waals surface area (Å²) in [5, 5.41) is 10.8. The normalized spacial score (nSPS) is 24.2. The van der Waals surface area contributed by atoms with Gasteiger partial charge in [0.25, 0.3) is 0 Å². The summed E-state index contributed by atoms with van der Waals surface area (Å²) in [6.07, 6.45) is 7.77. The van der Waals surface area contributed by atoms with Crippen molar-refractivity contribution in [2.45, 2.75) is 67.8 Å². The van der Waals surface area contributed by atoms with Crippen molar-refractivity contribution >= 4 is 28.7 Å². The van der Waals surface area contributed by atoms with Crippen LogP contribution in [0.5, 0.6) is 0 Å². The number of fused-ring (bicyclic) bond motifs is 3. The number of hydrogen-bond acceptors (Lipinski definition) is 9. The highest BCUT2D eigenvalue weighted by Gasteiger charge is 2.47. The Balaban J connectivity index is 1.22. The first-order valence-corrected chi connectivity index (χ1v) is 12.5. The number of imidazole rings is 1. The number of hydrogen-bond donors (Lipinski definition) is 2. The lowest BCUT2D eigenvalue weighted by Crippen LogP contribution is -2.51. The van der Waals surface area contributed by atoms with Crippen molar-refractivity contribution in [2.75, 3.05) is 24.6 Å². The van der Waals surface area contributed by atoms with Crippen molar-refractivity contribution in [3.63, 3.8) is 0 Å². The van der Waals surface area contributed by atoms with E-state index in [2.05, 4.69) is 21.4 Å². The molecular weight excluding hydrogens is 438 g/mol. The monoisotopic (exact) mass is 467 g/mol. The van der Waals surface area contributed by atoms with Crippen LogP contribution < -0.4 is 10.6 Å². The number of nitrogens with zero attached hydrogens (tertiary/aromatic N) is 6. The van der Waals surface area contributed by atoms with E-state index < -0.39 is 0 Å². The summed E-state index contributed by atoms with van der Waals surface area (Å²) in [5.74, 6) is 1.87. The topological polar surface area (TPSA) is 115 Å². The second kappa shape index (κ2) is 8.19. The fourth-order valence-corrected chi connectivity index (χ4v) is 6.36. The molecule has 2 atom stereocenters. The SMILES string of the molecule is C[C@@H]1OCC2(CCN(c3ncc(Sc4ccnc5c4nc4n5CCC4)nc3CO)CC2)[C@@H]1N. The summed E-state index contributed by atoms with van der Waals surface area (Å²) in [6.45, 7) is 5.29. The number of aliphatic hydroxyl groups excluding tert-OH is 1. The third-order valence-corrected chi connectivity index (χ3v) is 8.48. The zero-order chi connectivity index (χ0) is 22.6. The standard InChI is InChI=1S/C23H29N7O2S/c1-14-20(24)23(13-32-14)5-9-29(10-6-23)21-15(12-31)27-18(11-26-21)33-16-4-7-25-22-19(16)28-17-3-2-8-30(17)22/h4,7,11,14,20,31H,2-3,5-6,8-10,12-13,24H2,1H3/t14-,20+/m0/s1. The highest BCUT2D eigenvalue weighted by Crippen LogP contribution is 2.42. The molecular formula is C23H29N7O2S. The minimum absolute atomic E-state index is 0.0517. The number of rotatable bonds is 4. The summed E-state index contributed by atoms with van der Waals surface area (Å²) in [4.78, 5) is 22.1. The molecule has 0 bridgehead atoms. The van der Waals surface area contributed by atoms with Crippen molar-refractivity contribution in [2.24, 2.45) is 11.1 Å². The third kappa shape index (κ3) is 3.51. The summed E-state index contributed by atoms with van der Waals surface area (Å²) >= 11 is 1.52. The summed E-state index contributed by atoms with van der Waals surface area (Å²) in [5.41, 5.74) is 8.97. The number of pyridine rings is 1. The maximum Gasteiger partial charge on any atom is 0.161 e. The van der Waals surface area contributed by atoms with Crippen LogP contribution in [0.3, 0.4) is 0 Å². The number of anilines is 1. The zero-order valence-electron chi connectivity index (χ0n) is 18.8. The largest absolute Gasteiger partial charge is 0.390 e. The molecule has 6 heterocycles. The molecule has 2 saturated heterocycles. The maximum absolute atomic E-state index is 10.1. The number of piperidine rings is 1. The van der Waals surface area contributed by atoms with Gasteiger partial charge in [0.05, 0.1) is 25.5 Å². The van der Waals surface area contributed by atoms with Crippen LogP contribution in [0.1, 0.15) is 37.7 Å². The maximum atomic E-state index is 10.1. The number of aliphatic hydroxyl groups is 1. The first-order chi connectivity index (χ1) is 16.1. The molecule has 1 spiro atoms. The number of aryl methyl sites for hydroxylation is 2. The Hall–Kier alpha value is -2.27. The van der Waals surface area contributed by atoms with Crippen LogP contribution in [0.2, 0.25) is 0 Å². The minimum Gasteiger partial charge on any atom is -0.390 e. The number of ether oxygens (including phenoxy) is 1. The molecule has 3 N–H and O–H groups in total. The van der Waals surface area contributed by atoms with Crippen molar-refractivity contribution in [3.8, 4) is 0 Å². The van der Waals surface area contributed by atoms with Crippen molar-refractivity contribution in [1.82, 2.24) is 24.5 Å². The van der Waals surface area contributed by atoms with E-state index in [9.17, 15) is 5.11 Å². The smallest absolute Gasteiger partial charge is 0.161 e. The second-order valence-electron chi connectivity index (χ2n) is 9.39. The fraction of sp³-hybridized carbons (Fsp3) is 0.565. The van der Waals surface area contributed by atoms with E-state index in [-0.39, 0.29) is 24.2 Å². The average molecular weight is 468 g/mol. The van der Waals surface area contributed by atoms with Gasteiger partial charge in [0.2, 0.25) is 0 Å². The highest BCUT2D eigenvalue weighted by atomic mass is 32.2. The molecule has 0 aliphatic carbocycles. The van der Waals surface area contributed by atoms with Gasteiger partial charge in [-0.1, -0.05) is 11.8 Å². The Kier molecular flexibility index (Phi) is 5.28. The molecule has 3 aromatic rings. The van der Waals surface area contributed by atoms with E-state index in [4.69, 9.17) is 25.4 Å². The molecule has 0 aromatic carbocycles. The van der Waals surface area contributed by atoms with E-state index in [1.165, 1.54) is 11.8 Å². The van der Waals surface area contributed by atoms with Gasteiger partial charge in [0.15, 0.2) is 11.5 Å². The molecule has 33 heavy (non-hydrogen) atoms. The van der Waals surface area contributed by atoms with Crippen molar-refractivity contribution in [1.29, 1.82) is 0 Å². The molecule has 3 aliphatic rings. The first kappa shape index (κ1) is 21.3. The van der Waals surface area contributed by atoms with Gasteiger partial charge in [-0.2, -0.15) is 0 Å². The molecule has 6 rings (SSSR count). The van der Waals surface area contributed by atoms with Crippen LogP contribution in [0.25, 0.3) is 11.2 Å². The van der Waals surface area contributed by atoms with E-state index in [0.717, 1.165) is 84.7 Å². The lowest BCUT2D eigenvalue weighted by atomic mass is 9.73. The third-order valence-electron chi connectivity index (χ3n) is 7.53. The van der Waals surface area contributed by atoms with Gasteiger partial charge < -0.3 is 25.0 Å². The second-order valence-corrected chi connectivity index (χ2v) is 10.5. The van der Waals surface area contributed by atoms with Crippen LogP contribution in [0, 0.1) is 5.41 Å². The number of aromatic nitrogens is 5. The zero-order valence-corrected chi connectivity index (χ0v) is 19.6. The van der Waals surface area contributed by atoms with Gasteiger partial charge in [0.1, 0.15) is 22.1 Å². The van der Waals surface area contributed by atoms with Crippen LogP contribution in [0.15, 0.2) is 28.4 Å². The summed E-state index contributed by atoms with van der Waals surface area (Å²) < 4.78 is 8.05. The Morgan fingerprint density at radius 1 is 1.24 bits per heavy atom. The lowest BCUT2D eigenvalue weighted by molar-refractivity contribution is 0.0973. The minimum atomic E-state index is -0.150. The summed E-state index contributed by atoms with van der Waals surface area (Å²) in [6, 6.07) is 2.05. The van der Waals surface area contributed by atoms with Crippen LogP contribution in [-0.2, 0) is 24.3 Å². The van der Waals surface area contributed by atoms with Crippen molar-refractivity contribution in [3.05, 3.63) is 30.0 Å². The molecule has 0 amide bonds. The molecule has 3 aliphatic heterocycles. The van der Waals surface area contributed by atoms with E-state index in [1.54, 1.807) is 6.20 Å². The predicted octanol–water partition coefficient (Wildman–Crippen LogP) is 2.14. The molecule has 174 valence electrons. The van der Waals surface area contributed by atoms with Gasteiger partial charge in [0, 0.05) is 48.6 Å². The van der Waals surface area contributed by atoms with Gasteiger partial charge in [-0.25, -0.2) is 19.9 Å². The lowest BCUT2D eigenvalue weighted by Gasteiger charge is -2.41. The Morgan fingerprint density at radius 3 is 2.85 bits per heavy atom. The van der Waals surface area contributed by atoms with E-state index in [1.807, 2.05) is 12.3 Å². The summed E-state index contributed by atoms with van der Waals surface area (Å²) in [7, 11) is 0. The van der Waals surface area contributed by atoms with Crippen molar-refractivity contribution < 1.29 is 9.84 Å². The Labute approximate surface area is 196 Å². The van der Waals surface area contributed by atoms with Gasteiger partial charge in [-0.15, -0.1) is 0 Å². The number of nitrogens with two attached hydrogens (primary N) is 1. The fourth-order valence-electron chi connectivity index (χ4n) is 5.52. The van der Waals surface area contributed by atoms with Crippen LogP contribution in [-0.4, -0.2) is 61.5 Å². The Morgan fingerprint density at radius 2 is 2.09 bits per heavy atom. The van der Waals surface area contributed by atoms with Gasteiger partial charge in [-0.05, 0) is 32.3 Å². The molecule has 2 fully saturated rings. The molecule has 0 unspecified atom stereocenters. The van der Waals surface area contributed by atoms with Gasteiger partial charge >= 0.3 is 0 Å². The molecule has 0 saturated carbocycles.